The second-order valence-corrected chi connectivity index (χ2v) is 7.65. The number of aromatic nitrogens is 3. The molecular weight excluding hydrogens is 343 g/mol. The van der Waals surface area contributed by atoms with E-state index in [2.05, 4.69) is 15.1 Å². The molecule has 6 heteroatoms. The van der Waals surface area contributed by atoms with E-state index in [-0.39, 0.29) is 11.9 Å². The van der Waals surface area contributed by atoms with Gasteiger partial charge in [0, 0.05) is 40.4 Å². The number of benzene rings is 1. The zero-order valence-electron chi connectivity index (χ0n) is 15.2. The molecule has 1 amide bonds. The predicted octanol–water partition coefficient (Wildman–Crippen LogP) is 3.50. The van der Waals surface area contributed by atoms with Crippen LogP contribution in [-0.4, -0.2) is 44.3 Å². The zero-order valence-corrected chi connectivity index (χ0v) is 15.2. The van der Waals surface area contributed by atoms with Crippen LogP contribution in [0.4, 0.5) is 4.39 Å². The van der Waals surface area contributed by atoms with E-state index in [1.165, 1.54) is 11.3 Å². The van der Waals surface area contributed by atoms with Crippen LogP contribution in [0.25, 0.3) is 10.9 Å². The molecular formula is C21H23FN4O. The third-order valence-electron chi connectivity index (χ3n) is 5.93. The van der Waals surface area contributed by atoms with E-state index in [9.17, 15) is 9.18 Å². The smallest absolute Gasteiger partial charge is 0.255 e. The first-order valence-corrected chi connectivity index (χ1v) is 9.74. The second kappa shape index (κ2) is 6.51. The van der Waals surface area contributed by atoms with Crippen molar-refractivity contribution in [2.45, 2.75) is 50.7 Å². The van der Waals surface area contributed by atoms with Crippen molar-refractivity contribution in [3.05, 3.63) is 53.5 Å². The molecule has 0 bridgehead atoms. The summed E-state index contributed by atoms with van der Waals surface area (Å²) >= 11 is 0. The summed E-state index contributed by atoms with van der Waals surface area (Å²) < 4.78 is 14.7. The van der Waals surface area contributed by atoms with Crippen LogP contribution in [0.5, 0.6) is 0 Å². The predicted molar refractivity (Wildman–Crippen MR) is 102 cm³/mol. The van der Waals surface area contributed by atoms with E-state index in [0.717, 1.165) is 48.6 Å². The molecule has 1 aromatic carbocycles. The maximum Gasteiger partial charge on any atom is 0.255 e. The topological polar surface area (TPSA) is 53.9 Å². The highest BCUT2D eigenvalue weighted by Gasteiger charge is 2.39. The van der Waals surface area contributed by atoms with E-state index in [1.807, 2.05) is 41.2 Å². The molecule has 0 spiro atoms. The highest BCUT2D eigenvalue weighted by molar-refractivity contribution is 6.07. The lowest BCUT2D eigenvalue weighted by Crippen LogP contribution is -2.44. The monoisotopic (exact) mass is 366 g/mol. The van der Waals surface area contributed by atoms with Crippen molar-refractivity contribution < 1.29 is 9.18 Å². The first-order valence-electron chi connectivity index (χ1n) is 9.74. The fourth-order valence-corrected chi connectivity index (χ4v) is 4.45. The van der Waals surface area contributed by atoms with Crippen LogP contribution >= 0.6 is 0 Å². The molecule has 0 aliphatic heterocycles. The summed E-state index contributed by atoms with van der Waals surface area (Å²) in [4.78, 5) is 15.7. The van der Waals surface area contributed by atoms with Gasteiger partial charge in [-0.2, -0.15) is 5.10 Å². The van der Waals surface area contributed by atoms with E-state index in [0.29, 0.717) is 12.6 Å². The Morgan fingerprint density at radius 2 is 2.15 bits per heavy atom. The lowest BCUT2D eigenvalue weighted by atomic mass is 9.91. The van der Waals surface area contributed by atoms with Crippen molar-refractivity contribution >= 4 is 16.8 Å². The Morgan fingerprint density at radius 3 is 2.96 bits per heavy atom. The Labute approximate surface area is 157 Å². The molecule has 0 saturated heterocycles. The van der Waals surface area contributed by atoms with Gasteiger partial charge in [-0.1, -0.05) is 6.07 Å². The minimum absolute atomic E-state index is 0.109. The highest BCUT2D eigenvalue weighted by atomic mass is 19.1. The average Bonchev–Trinajstić information content (AvgIpc) is 3.25. The van der Waals surface area contributed by atoms with Crippen molar-refractivity contribution in [2.75, 3.05) is 6.67 Å². The molecule has 1 fully saturated rings. The van der Waals surface area contributed by atoms with Gasteiger partial charge in [0.1, 0.15) is 6.67 Å². The Morgan fingerprint density at radius 1 is 1.26 bits per heavy atom. The van der Waals surface area contributed by atoms with Crippen LogP contribution in [0.15, 0.2) is 36.7 Å². The number of amides is 1. The summed E-state index contributed by atoms with van der Waals surface area (Å²) in [7, 11) is 0. The Bertz CT molecular complexity index is 987. The number of aryl methyl sites for hydroxylation is 2. The lowest BCUT2D eigenvalue weighted by molar-refractivity contribution is 0.0645. The summed E-state index contributed by atoms with van der Waals surface area (Å²) in [5.41, 5.74) is 4.10. The number of H-pyrrole nitrogens is 1. The van der Waals surface area contributed by atoms with Gasteiger partial charge in [-0.15, -0.1) is 0 Å². The molecule has 2 heterocycles. The number of halogens is 1. The molecule has 1 N–H and O–H groups in total. The molecule has 2 aliphatic carbocycles. The number of hydrogen-bond donors (Lipinski definition) is 1. The maximum atomic E-state index is 13.6. The number of hydrogen-bond acceptors (Lipinski definition) is 2. The number of aromatic amines is 1. The summed E-state index contributed by atoms with van der Waals surface area (Å²) in [5, 5.41) is 8.15. The Balaban J connectivity index is 1.49. The molecule has 1 atom stereocenters. The lowest BCUT2D eigenvalue weighted by Gasteiger charge is -2.34. The number of fused-ring (bicyclic) bond motifs is 2. The maximum absolute atomic E-state index is 13.6. The number of nitrogens with one attached hydrogen (secondary N) is 1. The van der Waals surface area contributed by atoms with Gasteiger partial charge in [-0.25, -0.2) is 4.39 Å². The third-order valence-corrected chi connectivity index (χ3v) is 5.93. The normalized spacial score (nSPS) is 19.2. The molecule has 27 heavy (non-hydrogen) atoms. The van der Waals surface area contributed by atoms with Crippen LogP contribution in [-0.2, 0) is 19.4 Å². The number of alkyl halides is 1. The van der Waals surface area contributed by atoms with E-state index < -0.39 is 6.67 Å². The quantitative estimate of drug-likeness (QED) is 0.751. The van der Waals surface area contributed by atoms with Gasteiger partial charge < -0.3 is 9.47 Å². The molecule has 2 aromatic heterocycles. The third kappa shape index (κ3) is 2.83. The van der Waals surface area contributed by atoms with Crippen molar-refractivity contribution in [1.29, 1.82) is 0 Å². The summed E-state index contributed by atoms with van der Waals surface area (Å²) in [6, 6.07) is 8.29. The molecule has 0 radical (unpaired) electrons. The number of carbonyl (C=O) groups excluding carboxylic acids is 1. The minimum Gasteiger partial charge on any atom is -0.345 e. The number of rotatable bonds is 5. The fraction of sp³-hybridized carbons (Fsp3) is 0.429. The van der Waals surface area contributed by atoms with Crippen molar-refractivity contribution in [3.8, 4) is 0 Å². The SMILES string of the molecule is O=C(c1cccc2c1ccn2CCF)N(C1CC1)C1CCc2[nH]ncc2C1. The van der Waals surface area contributed by atoms with Crippen LogP contribution in [0, 0.1) is 0 Å². The van der Waals surface area contributed by atoms with E-state index >= 15 is 0 Å². The van der Waals surface area contributed by atoms with Crippen molar-refractivity contribution in [2.24, 2.45) is 0 Å². The fourth-order valence-electron chi connectivity index (χ4n) is 4.45. The summed E-state index contributed by atoms with van der Waals surface area (Å²) in [6.45, 7) is -0.0926. The standard InChI is InChI=1S/C21H23FN4O/c22-9-11-25-10-8-17-18(2-1-3-20(17)25)21(27)26(15-4-5-15)16-6-7-19-14(12-16)13-23-24-19/h1-3,8,10,13,15-16H,4-7,9,11-12H2,(H,23,24). The van der Waals surface area contributed by atoms with Gasteiger partial charge in [0.25, 0.3) is 5.91 Å². The largest absolute Gasteiger partial charge is 0.345 e. The van der Waals surface area contributed by atoms with Gasteiger partial charge in [0.15, 0.2) is 0 Å². The molecule has 3 aromatic rings. The summed E-state index contributed by atoms with van der Waals surface area (Å²) in [6.07, 6.45) is 8.71. The van der Waals surface area contributed by atoms with Crippen LogP contribution < -0.4 is 0 Å². The van der Waals surface area contributed by atoms with Gasteiger partial charge in [0.2, 0.25) is 0 Å². The second-order valence-electron chi connectivity index (χ2n) is 7.65. The molecule has 1 saturated carbocycles. The van der Waals surface area contributed by atoms with Crippen LogP contribution in [0.1, 0.15) is 40.9 Å². The molecule has 140 valence electrons. The molecule has 5 nitrogen and oxygen atoms in total. The van der Waals surface area contributed by atoms with E-state index in [1.54, 1.807) is 0 Å². The van der Waals surface area contributed by atoms with Gasteiger partial charge in [-0.3, -0.25) is 9.89 Å². The number of carbonyl (C=O) groups is 1. The van der Waals surface area contributed by atoms with Crippen molar-refractivity contribution in [3.63, 3.8) is 0 Å². The number of nitrogens with zero attached hydrogens (tertiary/aromatic N) is 3. The first-order chi connectivity index (χ1) is 13.3. The van der Waals surface area contributed by atoms with E-state index in [4.69, 9.17) is 0 Å². The van der Waals surface area contributed by atoms with Gasteiger partial charge >= 0.3 is 0 Å². The van der Waals surface area contributed by atoms with Crippen LogP contribution in [0.3, 0.4) is 0 Å². The first kappa shape index (κ1) is 16.5. The Hall–Kier alpha value is -2.63. The zero-order chi connectivity index (χ0) is 18.4. The highest BCUT2D eigenvalue weighted by Crippen LogP contribution is 2.35. The van der Waals surface area contributed by atoms with Crippen LogP contribution in [0.2, 0.25) is 0 Å². The van der Waals surface area contributed by atoms with Gasteiger partial charge in [0.05, 0.1) is 12.7 Å². The minimum atomic E-state index is -0.411. The average molecular weight is 366 g/mol. The molecule has 2 aliphatic rings. The van der Waals surface area contributed by atoms with Crippen molar-refractivity contribution in [1.82, 2.24) is 19.7 Å². The summed E-state index contributed by atoms with van der Waals surface area (Å²) in [5.74, 6) is 0.109. The molecule has 5 rings (SSSR count). The molecule has 1 unspecified atom stereocenters. The Kier molecular flexibility index (Phi) is 3.99. The van der Waals surface area contributed by atoms with Gasteiger partial charge in [-0.05, 0) is 55.9 Å².